The third-order valence-corrected chi connectivity index (χ3v) is 6.90. The summed E-state index contributed by atoms with van der Waals surface area (Å²) in [5.74, 6) is -0.858. The third kappa shape index (κ3) is 6.37. The van der Waals surface area contributed by atoms with Crippen LogP contribution in [0.3, 0.4) is 0 Å². The Labute approximate surface area is 199 Å². The minimum absolute atomic E-state index is 0.0625. The highest BCUT2D eigenvalue weighted by atomic mass is 35.5. The maximum Gasteiger partial charge on any atom is 0.244 e. The second-order valence-electron chi connectivity index (χ2n) is 7.36. The van der Waals surface area contributed by atoms with Crippen molar-refractivity contribution < 1.29 is 18.0 Å². The molecule has 0 bridgehead atoms. The largest absolute Gasteiger partial charge is 0.357 e. The molecule has 0 aliphatic carbocycles. The van der Waals surface area contributed by atoms with E-state index in [1.165, 1.54) is 11.9 Å². The quantitative estimate of drug-likeness (QED) is 0.570. The summed E-state index contributed by atoms with van der Waals surface area (Å²) < 4.78 is 26.2. The summed E-state index contributed by atoms with van der Waals surface area (Å²) in [7, 11) is -2.28. The van der Waals surface area contributed by atoms with Crippen LogP contribution in [0.15, 0.2) is 42.5 Å². The molecule has 0 saturated heterocycles. The summed E-state index contributed by atoms with van der Waals surface area (Å²) in [5.41, 5.74) is 1.78. The predicted octanol–water partition coefficient (Wildman–Crippen LogP) is 3.62. The van der Waals surface area contributed by atoms with Crippen LogP contribution in [0.5, 0.6) is 0 Å². The number of hydrogen-bond acceptors (Lipinski definition) is 4. The molecule has 174 valence electrons. The Morgan fingerprint density at radius 2 is 1.75 bits per heavy atom. The molecule has 0 fully saturated rings. The van der Waals surface area contributed by atoms with Gasteiger partial charge in [-0.25, -0.2) is 8.42 Å². The predicted molar refractivity (Wildman–Crippen MR) is 129 cm³/mol. The van der Waals surface area contributed by atoms with E-state index >= 15 is 0 Å². The van der Waals surface area contributed by atoms with Gasteiger partial charge in [0.25, 0.3) is 0 Å². The Kier molecular flexibility index (Phi) is 8.95. The summed E-state index contributed by atoms with van der Waals surface area (Å²) in [5, 5.41) is 3.26. The number of hydrogen-bond donors (Lipinski definition) is 1. The van der Waals surface area contributed by atoms with Crippen molar-refractivity contribution in [2.24, 2.45) is 0 Å². The number of nitrogens with zero attached hydrogens (tertiary/aromatic N) is 2. The number of sulfonamides is 1. The van der Waals surface area contributed by atoms with Gasteiger partial charge in [-0.1, -0.05) is 54.4 Å². The van der Waals surface area contributed by atoms with Crippen molar-refractivity contribution in [3.05, 3.63) is 63.6 Å². The fourth-order valence-electron chi connectivity index (χ4n) is 3.36. The lowest BCUT2D eigenvalue weighted by Crippen LogP contribution is -2.51. The van der Waals surface area contributed by atoms with E-state index in [0.29, 0.717) is 33.3 Å². The molecule has 0 aliphatic heterocycles. The van der Waals surface area contributed by atoms with E-state index in [-0.39, 0.29) is 12.5 Å². The SMILES string of the molecule is CC[C@@H](C(=O)NC)N(Cc1ccc(Cl)c(Cl)c1)C(=O)CN(c1ccccc1C)S(C)(=O)=O. The van der Waals surface area contributed by atoms with E-state index in [9.17, 15) is 18.0 Å². The highest BCUT2D eigenvalue weighted by Crippen LogP contribution is 2.25. The summed E-state index contributed by atoms with van der Waals surface area (Å²) in [4.78, 5) is 27.3. The standard InChI is InChI=1S/C22H27Cl2N3O4S/c1-5-19(22(29)25-3)26(13-16-10-11-17(23)18(24)12-16)21(28)14-27(32(4,30)31)20-9-7-6-8-15(20)2/h6-12,19H,5,13-14H2,1-4H3,(H,25,29)/t19-/m0/s1. The minimum Gasteiger partial charge on any atom is -0.357 e. The summed E-state index contributed by atoms with van der Waals surface area (Å²) in [6.07, 6.45) is 1.39. The molecule has 0 saturated carbocycles. The number of nitrogens with one attached hydrogen (secondary N) is 1. The fourth-order valence-corrected chi connectivity index (χ4v) is 4.59. The van der Waals surface area contributed by atoms with E-state index in [4.69, 9.17) is 23.2 Å². The van der Waals surface area contributed by atoms with Gasteiger partial charge in [0.1, 0.15) is 12.6 Å². The number of likely N-dealkylation sites (N-methyl/N-ethyl adjacent to an activating group) is 1. The van der Waals surface area contributed by atoms with Gasteiger partial charge in [-0.15, -0.1) is 0 Å². The molecule has 0 unspecified atom stereocenters. The number of aryl methyl sites for hydroxylation is 1. The molecule has 0 heterocycles. The molecule has 0 spiro atoms. The molecule has 0 aliphatic rings. The van der Waals surface area contributed by atoms with Crippen LogP contribution in [-0.2, 0) is 26.2 Å². The fraction of sp³-hybridized carbons (Fsp3) is 0.364. The molecule has 1 N–H and O–H groups in total. The van der Waals surface area contributed by atoms with Gasteiger partial charge >= 0.3 is 0 Å². The smallest absolute Gasteiger partial charge is 0.244 e. The lowest BCUT2D eigenvalue weighted by atomic mass is 10.1. The van der Waals surface area contributed by atoms with Crippen LogP contribution in [0.25, 0.3) is 0 Å². The number of amides is 2. The average Bonchev–Trinajstić information content (AvgIpc) is 2.73. The molecule has 7 nitrogen and oxygen atoms in total. The molecule has 32 heavy (non-hydrogen) atoms. The van der Waals surface area contributed by atoms with Gasteiger partial charge < -0.3 is 10.2 Å². The van der Waals surface area contributed by atoms with Crippen LogP contribution >= 0.6 is 23.2 Å². The molecule has 0 radical (unpaired) electrons. The average molecular weight is 500 g/mol. The van der Waals surface area contributed by atoms with Crippen molar-refractivity contribution >= 4 is 50.7 Å². The Morgan fingerprint density at radius 3 is 2.28 bits per heavy atom. The van der Waals surface area contributed by atoms with Gasteiger partial charge in [0.2, 0.25) is 21.8 Å². The highest BCUT2D eigenvalue weighted by molar-refractivity contribution is 7.92. The first-order valence-electron chi connectivity index (χ1n) is 9.97. The van der Waals surface area contributed by atoms with E-state index in [2.05, 4.69) is 5.32 Å². The second kappa shape index (κ2) is 11.0. The van der Waals surface area contributed by atoms with Crippen molar-refractivity contribution in [3.8, 4) is 0 Å². The number of halogens is 2. The van der Waals surface area contributed by atoms with Gasteiger partial charge in [0.15, 0.2) is 0 Å². The number of rotatable bonds is 9. The lowest BCUT2D eigenvalue weighted by Gasteiger charge is -2.33. The van der Waals surface area contributed by atoms with Crippen LogP contribution in [-0.4, -0.2) is 51.0 Å². The number of carbonyl (C=O) groups is 2. The van der Waals surface area contributed by atoms with Crippen molar-refractivity contribution in [2.45, 2.75) is 32.9 Å². The third-order valence-electron chi connectivity index (χ3n) is 5.03. The first-order chi connectivity index (χ1) is 15.0. The molecule has 0 aromatic heterocycles. The minimum atomic E-state index is -3.77. The summed E-state index contributed by atoms with van der Waals surface area (Å²) >= 11 is 12.1. The van der Waals surface area contributed by atoms with Crippen molar-refractivity contribution in [2.75, 3.05) is 24.2 Å². The van der Waals surface area contributed by atoms with Crippen LogP contribution in [0, 0.1) is 6.92 Å². The zero-order chi connectivity index (χ0) is 24.1. The molecule has 2 aromatic carbocycles. The zero-order valence-electron chi connectivity index (χ0n) is 18.4. The van der Waals surface area contributed by atoms with Crippen molar-refractivity contribution in [1.82, 2.24) is 10.2 Å². The van der Waals surface area contributed by atoms with Gasteiger partial charge in [0.05, 0.1) is 22.0 Å². The van der Waals surface area contributed by atoms with Crippen molar-refractivity contribution in [3.63, 3.8) is 0 Å². The number of anilines is 1. The summed E-state index contributed by atoms with van der Waals surface area (Å²) in [6.45, 7) is 3.17. The number of benzene rings is 2. The molecule has 2 amide bonds. The molecular formula is C22H27Cl2N3O4S. The van der Waals surface area contributed by atoms with E-state index in [1.54, 1.807) is 56.3 Å². The van der Waals surface area contributed by atoms with Crippen LogP contribution in [0.2, 0.25) is 10.0 Å². The maximum absolute atomic E-state index is 13.4. The molecule has 1 atom stereocenters. The zero-order valence-corrected chi connectivity index (χ0v) is 20.8. The Bertz CT molecular complexity index is 1090. The Hall–Kier alpha value is -2.29. The first kappa shape index (κ1) is 26.0. The van der Waals surface area contributed by atoms with Gasteiger partial charge in [-0.2, -0.15) is 0 Å². The monoisotopic (exact) mass is 499 g/mol. The molecule has 2 aromatic rings. The van der Waals surface area contributed by atoms with E-state index in [0.717, 1.165) is 10.6 Å². The van der Waals surface area contributed by atoms with Crippen LogP contribution in [0.1, 0.15) is 24.5 Å². The van der Waals surface area contributed by atoms with Gasteiger partial charge in [-0.3, -0.25) is 13.9 Å². The topological polar surface area (TPSA) is 86.8 Å². The van der Waals surface area contributed by atoms with Crippen molar-refractivity contribution in [1.29, 1.82) is 0 Å². The van der Waals surface area contributed by atoms with Gasteiger partial charge in [0, 0.05) is 13.6 Å². The molecule has 2 rings (SSSR count). The Balaban J connectivity index is 2.46. The lowest BCUT2D eigenvalue weighted by molar-refractivity contribution is -0.140. The maximum atomic E-state index is 13.4. The normalized spacial score (nSPS) is 12.2. The molecule has 10 heteroatoms. The van der Waals surface area contributed by atoms with Crippen LogP contribution < -0.4 is 9.62 Å². The first-order valence-corrected chi connectivity index (χ1v) is 12.6. The van der Waals surface area contributed by atoms with E-state index in [1.807, 2.05) is 0 Å². The number of para-hydroxylation sites is 1. The summed E-state index contributed by atoms with van der Waals surface area (Å²) in [6, 6.07) is 11.1. The highest BCUT2D eigenvalue weighted by Gasteiger charge is 2.31. The number of carbonyl (C=O) groups excluding carboxylic acids is 2. The van der Waals surface area contributed by atoms with Gasteiger partial charge in [-0.05, 0) is 42.7 Å². The Morgan fingerprint density at radius 1 is 1.09 bits per heavy atom. The second-order valence-corrected chi connectivity index (χ2v) is 10.1. The van der Waals surface area contributed by atoms with E-state index < -0.39 is 28.5 Å². The molecular weight excluding hydrogens is 473 g/mol. The van der Waals surface area contributed by atoms with Crippen LogP contribution in [0.4, 0.5) is 5.69 Å².